The van der Waals surface area contributed by atoms with E-state index >= 15 is 0 Å². The Kier molecular flexibility index (Phi) is 8.59. The molecule has 0 aliphatic carbocycles. The fourth-order valence-corrected chi connectivity index (χ4v) is 5.22. The second kappa shape index (κ2) is 11.4. The molecule has 1 saturated heterocycles. The molecular weight excluding hydrogens is 466 g/mol. The number of methoxy groups -OCH3 is 1. The van der Waals surface area contributed by atoms with Crippen molar-refractivity contribution in [3.63, 3.8) is 0 Å². The largest absolute Gasteiger partial charge is 0.497 e. The zero-order valence-electron chi connectivity index (χ0n) is 18.5. The van der Waals surface area contributed by atoms with Crippen LogP contribution in [0.1, 0.15) is 5.56 Å². The molecule has 178 valence electrons. The fraction of sp³-hybridized carbons (Fsp3) is 0.364. The van der Waals surface area contributed by atoms with Gasteiger partial charge in [0.05, 0.1) is 36.7 Å². The van der Waals surface area contributed by atoms with Gasteiger partial charge in [0.1, 0.15) is 5.75 Å². The third kappa shape index (κ3) is 7.11. The van der Waals surface area contributed by atoms with Crippen LogP contribution in [0.15, 0.2) is 47.4 Å². The highest BCUT2D eigenvalue weighted by atomic mass is 32.2. The first-order valence-corrected chi connectivity index (χ1v) is 12.9. The molecule has 0 bridgehead atoms. The summed E-state index contributed by atoms with van der Waals surface area (Å²) in [7, 11) is -2.34. The quantitative estimate of drug-likeness (QED) is 0.551. The number of aryl methyl sites for hydroxylation is 1. The molecule has 0 unspecified atom stereocenters. The molecule has 1 aliphatic rings. The number of ether oxygens (including phenoxy) is 2. The van der Waals surface area contributed by atoms with E-state index in [1.807, 2.05) is 0 Å². The summed E-state index contributed by atoms with van der Waals surface area (Å²) >= 11 is 1.22. The second-order valence-electron chi connectivity index (χ2n) is 7.35. The van der Waals surface area contributed by atoms with Crippen LogP contribution >= 0.6 is 11.8 Å². The average Bonchev–Trinajstić information content (AvgIpc) is 2.81. The number of thioether (sulfide) groups is 1. The van der Waals surface area contributed by atoms with E-state index in [0.29, 0.717) is 49.0 Å². The van der Waals surface area contributed by atoms with Gasteiger partial charge in [0.25, 0.3) is 10.0 Å². The number of anilines is 2. The number of nitrogens with one attached hydrogen (secondary N) is 2. The van der Waals surface area contributed by atoms with Crippen LogP contribution in [0, 0.1) is 6.92 Å². The van der Waals surface area contributed by atoms with Crippen LogP contribution in [0.5, 0.6) is 5.75 Å². The van der Waals surface area contributed by atoms with Crippen molar-refractivity contribution in [3.05, 3.63) is 48.0 Å². The van der Waals surface area contributed by atoms with E-state index in [4.69, 9.17) is 9.47 Å². The Labute approximate surface area is 197 Å². The normalized spacial score (nSPS) is 13.9. The average molecular weight is 494 g/mol. The van der Waals surface area contributed by atoms with Crippen molar-refractivity contribution in [2.75, 3.05) is 55.0 Å². The fourth-order valence-electron chi connectivity index (χ4n) is 3.17. The maximum absolute atomic E-state index is 12.9. The summed E-state index contributed by atoms with van der Waals surface area (Å²) in [4.78, 5) is 26.3. The van der Waals surface area contributed by atoms with Crippen LogP contribution in [0.4, 0.5) is 11.4 Å². The lowest BCUT2D eigenvalue weighted by Gasteiger charge is -2.26. The van der Waals surface area contributed by atoms with Gasteiger partial charge in [0.15, 0.2) is 0 Å². The van der Waals surface area contributed by atoms with Crippen molar-refractivity contribution in [1.29, 1.82) is 0 Å². The van der Waals surface area contributed by atoms with E-state index in [1.165, 1.54) is 24.9 Å². The van der Waals surface area contributed by atoms with Crippen LogP contribution in [0.25, 0.3) is 0 Å². The molecule has 33 heavy (non-hydrogen) atoms. The van der Waals surface area contributed by atoms with Gasteiger partial charge in [-0.3, -0.25) is 14.3 Å². The SMILES string of the molecule is COc1ccc(NS(=O)(=O)c2cc(NC(=O)CSCC(=O)N3CCOCC3)ccc2C)cc1. The third-order valence-electron chi connectivity index (χ3n) is 4.93. The van der Waals surface area contributed by atoms with E-state index < -0.39 is 10.0 Å². The van der Waals surface area contributed by atoms with Crippen molar-refractivity contribution in [3.8, 4) is 5.75 Å². The van der Waals surface area contributed by atoms with Gasteiger partial charge in [-0.25, -0.2) is 8.42 Å². The Morgan fingerprint density at radius 1 is 1.06 bits per heavy atom. The first kappa shape index (κ1) is 24.9. The molecule has 2 aromatic carbocycles. The van der Waals surface area contributed by atoms with Gasteiger partial charge in [0, 0.05) is 24.5 Å². The second-order valence-corrected chi connectivity index (χ2v) is 9.98. The molecule has 2 amide bonds. The van der Waals surface area contributed by atoms with Crippen LogP contribution in [-0.4, -0.2) is 70.1 Å². The molecule has 1 aliphatic heterocycles. The van der Waals surface area contributed by atoms with Gasteiger partial charge in [0.2, 0.25) is 11.8 Å². The number of benzene rings is 2. The maximum Gasteiger partial charge on any atom is 0.262 e. The maximum atomic E-state index is 12.9. The summed E-state index contributed by atoms with van der Waals surface area (Å²) in [5.41, 5.74) is 1.30. The van der Waals surface area contributed by atoms with Crippen LogP contribution < -0.4 is 14.8 Å². The monoisotopic (exact) mass is 493 g/mol. The van der Waals surface area contributed by atoms with Crippen molar-refractivity contribution in [2.24, 2.45) is 0 Å². The molecule has 0 spiro atoms. The van der Waals surface area contributed by atoms with Crippen molar-refractivity contribution >= 4 is 45.0 Å². The van der Waals surface area contributed by atoms with Gasteiger partial charge < -0.3 is 19.7 Å². The van der Waals surface area contributed by atoms with E-state index in [9.17, 15) is 18.0 Å². The lowest BCUT2D eigenvalue weighted by Crippen LogP contribution is -2.41. The molecule has 3 rings (SSSR count). The van der Waals surface area contributed by atoms with E-state index in [1.54, 1.807) is 48.2 Å². The number of sulfonamides is 1. The van der Waals surface area contributed by atoms with Gasteiger partial charge in [-0.05, 0) is 48.9 Å². The Bertz CT molecular complexity index is 1080. The van der Waals surface area contributed by atoms with E-state index in [0.717, 1.165) is 0 Å². The number of hydrogen-bond acceptors (Lipinski definition) is 7. The predicted octanol–water partition coefficient (Wildman–Crippen LogP) is 2.33. The van der Waals surface area contributed by atoms with Crippen LogP contribution in [-0.2, 0) is 24.3 Å². The molecular formula is C22H27N3O6S2. The first-order chi connectivity index (χ1) is 15.8. The van der Waals surface area contributed by atoms with Gasteiger partial charge in [-0.2, -0.15) is 0 Å². The highest BCUT2D eigenvalue weighted by molar-refractivity contribution is 8.00. The number of nitrogens with zero attached hydrogens (tertiary/aromatic N) is 1. The Balaban J connectivity index is 1.58. The van der Waals surface area contributed by atoms with Gasteiger partial charge >= 0.3 is 0 Å². The highest BCUT2D eigenvalue weighted by Gasteiger charge is 2.19. The smallest absolute Gasteiger partial charge is 0.262 e. The molecule has 0 atom stereocenters. The first-order valence-electron chi connectivity index (χ1n) is 10.3. The van der Waals surface area contributed by atoms with Gasteiger partial charge in [-0.15, -0.1) is 11.8 Å². The van der Waals surface area contributed by atoms with E-state index in [-0.39, 0.29) is 28.2 Å². The van der Waals surface area contributed by atoms with Crippen molar-refractivity contribution in [2.45, 2.75) is 11.8 Å². The topological polar surface area (TPSA) is 114 Å². The summed E-state index contributed by atoms with van der Waals surface area (Å²) in [5, 5.41) is 2.70. The third-order valence-corrected chi connectivity index (χ3v) is 7.37. The summed E-state index contributed by atoms with van der Waals surface area (Å²) < 4.78 is 38.6. The summed E-state index contributed by atoms with van der Waals surface area (Å²) in [6.07, 6.45) is 0. The highest BCUT2D eigenvalue weighted by Crippen LogP contribution is 2.24. The Morgan fingerprint density at radius 3 is 2.39 bits per heavy atom. The predicted molar refractivity (Wildman–Crippen MR) is 128 cm³/mol. The number of rotatable bonds is 9. The molecule has 0 aromatic heterocycles. The van der Waals surface area contributed by atoms with Crippen LogP contribution in [0.3, 0.4) is 0 Å². The molecule has 1 heterocycles. The molecule has 1 fully saturated rings. The molecule has 0 saturated carbocycles. The zero-order chi connectivity index (χ0) is 23.8. The minimum absolute atomic E-state index is 0.0237. The lowest BCUT2D eigenvalue weighted by molar-refractivity contribution is -0.132. The molecule has 9 nitrogen and oxygen atoms in total. The zero-order valence-corrected chi connectivity index (χ0v) is 20.1. The molecule has 11 heteroatoms. The van der Waals surface area contributed by atoms with Crippen molar-refractivity contribution in [1.82, 2.24) is 4.90 Å². The number of morpholine rings is 1. The van der Waals surface area contributed by atoms with Crippen molar-refractivity contribution < 1.29 is 27.5 Å². The number of carbonyl (C=O) groups excluding carboxylic acids is 2. The minimum atomic E-state index is -3.87. The molecule has 0 radical (unpaired) electrons. The van der Waals surface area contributed by atoms with Gasteiger partial charge in [-0.1, -0.05) is 6.07 Å². The molecule has 2 aromatic rings. The number of carbonyl (C=O) groups is 2. The summed E-state index contributed by atoms with van der Waals surface area (Å²) in [6.45, 7) is 3.88. The lowest BCUT2D eigenvalue weighted by atomic mass is 10.2. The summed E-state index contributed by atoms with van der Waals surface area (Å²) in [6, 6.07) is 11.2. The minimum Gasteiger partial charge on any atom is -0.497 e. The summed E-state index contributed by atoms with van der Waals surface area (Å²) in [5.74, 6) is 0.556. The van der Waals surface area contributed by atoms with E-state index in [2.05, 4.69) is 10.0 Å². The Hall–Kier alpha value is -2.76. The standard InChI is InChI=1S/C22H27N3O6S2/c1-16-3-4-18(23-21(26)14-32-15-22(27)25-9-11-31-12-10-25)13-20(16)33(28,29)24-17-5-7-19(30-2)8-6-17/h3-8,13,24H,9-12,14-15H2,1-2H3,(H,23,26). The Morgan fingerprint density at radius 2 is 1.73 bits per heavy atom. The number of hydrogen-bond donors (Lipinski definition) is 2. The van der Waals surface area contributed by atoms with Crippen LogP contribution in [0.2, 0.25) is 0 Å². The molecule has 2 N–H and O–H groups in total. The number of amides is 2.